The summed E-state index contributed by atoms with van der Waals surface area (Å²) in [6, 6.07) is 6.61. The van der Waals surface area contributed by atoms with Crippen molar-refractivity contribution in [2.24, 2.45) is 0 Å². The zero-order valence-corrected chi connectivity index (χ0v) is 13.4. The summed E-state index contributed by atoms with van der Waals surface area (Å²) in [4.78, 5) is 4.54. The second kappa shape index (κ2) is 6.86. The van der Waals surface area contributed by atoms with Crippen LogP contribution in [0.3, 0.4) is 0 Å². The molecule has 1 aromatic carbocycles. The number of aryl methyl sites for hydroxylation is 2. The third-order valence-corrected chi connectivity index (χ3v) is 4.39. The molecule has 0 amide bonds. The van der Waals surface area contributed by atoms with Gasteiger partial charge in [-0.1, -0.05) is 19.1 Å². The number of nitrogens with zero attached hydrogens (tertiary/aromatic N) is 1. The van der Waals surface area contributed by atoms with Gasteiger partial charge in [-0.3, -0.25) is 0 Å². The molecule has 3 nitrogen and oxygen atoms in total. The average molecular weight is 290 g/mol. The molecule has 1 atom stereocenters. The van der Waals surface area contributed by atoms with Crippen LogP contribution >= 0.6 is 11.3 Å². The number of rotatable bonds is 6. The molecule has 2 rings (SSSR count). The molecule has 0 saturated heterocycles. The van der Waals surface area contributed by atoms with Crippen LogP contribution in [0.5, 0.6) is 5.75 Å². The van der Waals surface area contributed by atoms with Crippen LogP contribution in [0.25, 0.3) is 0 Å². The van der Waals surface area contributed by atoms with E-state index in [0.717, 1.165) is 22.9 Å². The fourth-order valence-electron chi connectivity index (χ4n) is 2.01. The van der Waals surface area contributed by atoms with E-state index in [9.17, 15) is 0 Å². The van der Waals surface area contributed by atoms with Crippen molar-refractivity contribution in [2.75, 3.05) is 7.05 Å². The Morgan fingerprint density at radius 2 is 2.20 bits per heavy atom. The van der Waals surface area contributed by atoms with E-state index in [1.165, 1.54) is 11.1 Å². The molecule has 0 aliphatic carbocycles. The van der Waals surface area contributed by atoms with E-state index in [1.807, 2.05) is 7.05 Å². The van der Waals surface area contributed by atoms with Crippen LogP contribution in [0.2, 0.25) is 0 Å². The van der Waals surface area contributed by atoms with Gasteiger partial charge in [-0.05, 0) is 38.9 Å². The van der Waals surface area contributed by atoms with Crippen molar-refractivity contribution in [1.29, 1.82) is 0 Å². The van der Waals surface area contributed by atoms with E-state index < -0.39 is 0 Å². The maximum Gasteiger partial charge on any atom is 0.131 e. The van der Waals surface area contributed by atoms with E-state index in [4.69, 9.17) is 4.74 Å². The lowest BCUT2D eigenvalue weighted by atomic mass is 10.1. The minimum atomic E-state index is 0.271. The minimum absolute atomic E-state index is 0.271. The Balaban J connectivity index is 2.13. The zero-order chi connectivity index (χ0) is 14.5. The van der Waals surface area contributed by atoms with Gasteiger partial charge in [0.05, 0.1) is 10.7 Å². The van der Waals surface area contributed by atoms with Crippen molar-refractivity contribution in [3.63, 3.8) is 0 Å². The predicted octanol–water partition coefficient (Wildman–Crippen LogP) is 3.87. The number of hydrogen-bond acceptors (Lipinski definition) is 4. The van der Waals surface area contributed by atoms with Crippen LogP contribution in [-0.2, 0) is 13.0 Å². The number of aromatic nitrogens is 1. The van der Waals surface area contributed by atoms with Crippen molar-refractivity contribution in [3.05, 3.63) is 45.4 Å². The van der Waals surface area contributed by atoms with Crippen molar-refractivity contribution in [3.8, 4) is 5.75 Å². The largest absolute Gasteiger partial charge is 0.487 e. The van der Waals surface area contributed by atoms with Gasteiger partial charge in [0.25, 0.3) is 0 Å². The summed E-state index contributed by atoms with van der Waals surface area (Å²) >= 11 is 1.70. The van der Waals surface area contributed by atoms with Crippen LogP contribution in [0, 0.1) is 6.92 Å². The molecule has 1 heterocycles. The fraction of sp³-hybridized carbons (Fsp3) is 0.438. The molecule has 1 aromatic heterocycles. The molecule has 4 heteroatoms. The van der Waals surface area contributed by atoms with Crippen LogP contribution in [0.1, 0.15) is 41.7 Å². The average Bonchev–Trinajstić information content (AvgIpc) is 2.92. The highest BCUT2D eigenvalue weighted by Gasteiger charge is 2.11. The Kier molecular flexibility index (Phi) is 5.15. The molecule has 0 saturated carbocycles. The van der Waals surface area contributed by atoms with Gasteiger partial charge in [0.2, 0.25) is 0 Å². The molecule has 0 aliphatic heterocycles. The molecule has 0 bridgehead atoms. The van der Waals surface area contributed by atoms with E-state index in [-0.39, 0.29) is 6.04 Å². The van der Waals surface area contributed by atoms with Gasteiger partial charge in [-0.2, -0.15) is 0 Å². The quantitative estimate of drug-likeness (QED) is 0.877. The lowest BCUT2D eigenvalue weighted by molar-refractivity contribution is 0.296. The van der Waals surface area contributed by atoms with Crippen molar-refractivity contribution >= 4 is 11.3 Å². The lowest BCUT2D eigenvalue weighted by Gasteiger charge is -2.16. The summed E-state index contributed by atoms with van der Waals surface area (Å²) in [5, 5.41) is 6.50. The molecule has 0 spiro atoms. The molecule has 0 radical (unpaired) electrons. The van der Waals surface area contributed by atoms with Gasteiger partial charge >= 0.3 is 0 Å². The molecule has 2 aromatic rings. The maximum absolute atomic E-state index is 5.99. The van der Waals surface area contributed by atoms with Crippen LogP contribution in [0.15, 0.2) is 23.6 Å². The van der Waals surface area contributed by atoms with Gasteiger partial charge < -0.3 is 10.1 Å². The maximum atomic E-state index is 5.99. The molecule has 20 heavy (non-hydrogen) atoms. The molecule has 1 unspecified atom stereocenters. The third-order valence-electron chi connectivity index (χ3n) is 3.35. The number of benzene rings is 1. The molecular formula is C16H22N2OS. The van der Waals surface area contributed by atoms with Crippen molar-refractivity contribution < 1.29 is 4.74 Å². The van der Waals surface area contributed by atoms with Gasteiger partial charge in [-0.15, -0.1) is 11.3 Å². The molecular weight excluding hydrogens is 268 g/mol. The molecule has 1 N–H and O–H groups in total. The number of hydrogen-bond donors (Lipinski definition) is 1. The Bertz CT molecular complexity index is 565. The monoisotopic (exact) mass is 290 g/mol. The first-order valence-electron chi connectivity index (χ1n) is 6.98. The Morgan fingerprint density at radius 1 is 1.40 bits per heavy atom. The van der Waals surface area contributed by atoms with Crippen molar-refractivity contribution in [1.82, 2.24) is 10.3 Å². The number of ether oxygens (including phenoxy) is 1. The smallest absolute Gasteiger partial charge is 0.131 e. The first-order chi connectivity index (χ1) is 9.63. The molecule has 108 valence electrons. The third kappa shape index (κ3) is 3.58. The van der Waals surface area contributed by atoms with Gasteiger partial charge in [0.1, 0.15) is 12.4 Å². The normalized spacial score (nSPS) is 12.4. The Labute approximate surface area is 125 Å². The predicted molar refractivity (Wildman–Crippen MR) is 84.5 cm³/mol. The van der Waals surface area contributed by atoms with Crippen LogP contribution in [-0.4, -0.2) is 12.0 Å². The second-order valence-electron chi connectivity index (χ2n) is 4.93. The van der Waals surface area contributed by atoms with Gasteiger partial charge in [0.15, 0.2) is 0 Å². The Morgan fingerprint density at radius 3 is 2.85 bits per heavy atom. The van der Waals surface area contributed by atoms with E-state index in [2.05, 4.69) is 54.7 Å². The second-order valence-corrected chi connectivity index (χ2v) is 5.87. The first kappa shape index (κ1) is 15.0. The topological polar surface area (TPSA) is 34.1 Å². The summed E-state index contributed by atoms with van der Waals surface area (Å²) in [5.41, 5.74) is 3.40. The highest BCUT2D eigenvalue weighted by molar-refractivity contribution is 7.09. The van der Waals surface area contributed by atoms with Crippen LogP contribution in [0.4, 0.5) is 0 Å². The van der Waals surface area contributed by atoms with E-state index >= 15 is 0 Å². The number of nitrogens with one attached hydrogen (secondary N) is 1. The van der Waals surface area contributed by atoms with E-state index in [0.29, 0.717) is 6.61 Å². The zero-order valence-electron chi connectivity index (χ0n) is 12.6. The standard InChI is InChI=1S/C16H22N2OS/c1-5-16-18-13(10-20-16)9-19-15-8-11(2)6-7-14(15)12(3)17-4/h6-8,10,12,17H,5,9H2,1-4H3. The highest BCUT2D eigenvalue weighted by atomic mass is 32.1. The summed E-state index contributed by atoms with van der Waals surface area (Å²) in [6.07, 6.45) is 0.983. The van der Waals surface area contributed by atoms with Crippen molar-refractivity contribution in [2.45, 2.75) is 39.8 Å². The SMILES string of the molecule is CCc1nc(COc2cc(C)ccc2C(C)NC)cs1. The lowest BCUT2D eigenvalue weighted by Crippen LogP contribution is -2.14. The fourth-order valence-corrected chi connectivity index (χ4v) is 2.74. The first-order valence-corrected chi connectivity index (χ1v) is 7.86. The number of thiazole rings is 1. The highest BCUT2D eigenvalue weighted by Crippen LogP contribution is 2.27. The summed E-state index contributed by atoms with van der Waals surface area (Å²) in [6.45, 7) is 6.87. The summed E-state index contributed by atoms with van der Waals surface area (Å²) in [5.74, 6) is 0.942. The summed E-state index contributed by atoms with van der Waals surface area (Å²) < 4.78 is 5.99. The van der Waals surface area contributed by atoms with Crippen LogP contribution < -0.4 is 10.1 Å². The van der Waals surface area contributed by atoms with Gasteiger partial charge in [0, 0.05) is 17.0 Å². The van der Waals surface area contributed by atoms with E-state index in [1.54, 1.807) is 11.3 Å². The molecule has 0 aliphatic rings. The molecule has 0 fully saturated rings. The summed E-state index contributed by atoms with van der Waals surface area (Å²) in [7, 11) is 1.96. The Hall–Kier alpha value is -1.39. The minimum Gasteiger partial charge on any atom is -0.487 e. The van der Waals surface area contributed by atoms with Gasteiger partial charge in [-0.25, -0.2) is 4.98 Å².